The highest BCUT2D eigenvalue weighted by molar-refractivity contribution is 5.92. The monoisotopic (exact) mass is 288 g/mol. The fourth-order valence-electron chi connectivity index (χ4n) is 1.82. The first-order valence-corrected chi connectivity index (χ1v) is 6.60. The molecule has 0 saturated heterocycles. The Kier molecular flexibility index (Phi) is 4.77. The van der Waals surface area contributed by atoms with E-state index in [4.69, 9.17) is 10.5 Å². The number of carbonyl (C=O) groups excluding carboxylic acids is 1. The molecule has 0 unspecified atom stereocenters. The average Bonchev–Trinajstić information content (AvgIpc) is 2.46. The number of amides is 1. The topological polar surface area (TPSA) is 64.3 Å². The Morgan fingerprint density at radius 2 is 2.00 bits per heavy atom. The highest BCUT2D eigenvalue weighted by Crippen LogP contribution is 2.20. The molecule has 5 heteroatoms. The summed E-state index contributed by atoms with van der Waals surface area (Å²) in [6.07, 6.45) is 0.128. The van der Waals surface area contributed by atoms with E-state index in [1.54, 1.807) is 30.3 Å². The summed E-state index contributed by atoms with van der Waals surface area (Å²) in [6, 6.07) is 11.4. The van der Waals surface area contributed by atoms with Gasteiger partial charge in [-0.2, -0.15) is 0 Å². The van der Waals surface area contributed by atoms with Gasteiger partial charge < -0.3 is 15.8 Å². The van der Waals surface area contributed by atoms with Crippen LogP contribution in [0.5, 0.6) is 5.75 Å². The largest absolute Gasteiger partial charge is 0.490 e. The second-order valence-corrected chi connectivity index (χ2v) is 4.60. The zero-order valence-corrected chi connectivity index (χ0v) is 11.7. The lowest BCUT2D eigenvalue weighted by atomic mass is 10.1. The zero-order valence-electron chi connectivity index (χ0n) is 11.7. The number of para-hydroxylation sites is 1. The van der Waals surface area contributed by atoms with Crippen LogP contribution < -0.4 is 15.8 Å². The van der Waals surface area contributed by atoms with Crippen LogP contribution in [0.15, 0.2) is 42.5 Å². The summed E-state index contributed by atoms with van der Waals surface area (Å²) in [5.74, 6) is -0.505. The van der Waals surface area contributed by atoms with Crippen LogP contribution in [0, 0.1) is 12.7 Å². The third kappa shape index (κ3) is 3.95. The molecule has 0 bridgehead atoms. The molecule has 0 atom stereocenters. The Bertz CT molecular complexity index is 644. The molecule has 1 amide bonds. The van der Waals surface area contributed by atoms with Crippen LogP contribution in [0.25, 0.3) is 0 Å². The van der Waals surface area contributed by atoms with E-state index in [0.29, 0.717) is 11.4 Å². The first-order valence-electron chi connectivity index (χ1n) is 6.60. The van der Waals surface area contributed by atoms with Gasteiger partial charge in [-0.25, -0.2) is 4.39 Å². The van der Waals surface area contributed by atoms with E-state index in [9.17, 15) is 9.18 Å². The van der Waals surface area contributed by atoms with E-state index < -0.39 is 5.82 Å². The summed E-state index contributed by atoms with van der Waals surface area (Å²) < 4.78 is 18.6. The van der Waals surface area contributed by atoms with Crippen LogP contribution in [0.4, 0.5) is 15.8 Å². The number of halogens is 1. The van der Waals surface area contributed by atoms with Crippen molar-refractivity contribution in [1.82, 2.24) is 0 Å². The molecular formula is C16H17FN2O2. The fourth-order valence-corrected chi connectivity index (χ4v) is 1.82. The molecule has 0 spiro atoms. The molecule has 0 radical (unpaired) electrons. The smallest absolute Gasteiger partial charge is 0.227 e. The van der Waals surface area contributed by atoms with Crippen LogP contribution >= 0.6 is 0 Å². The third-order valence-corrected chi connectivity index (χ3v) is 3.07. The van der Waals surface area contributed by atoms with Crippen LogP contribution in [0.1, 0.15) is 12.0 Å². The molecule has 2 aromatic rings. The van der Waals surface area contributed by atoms with E-state index in [2.05, 4.69) is 5.32 Å². The van der Waals surface area contributed by atoms with E-state index >= 15 is 0 Å². The molecule has 0 aliphatic rings. The minimum atomic E-state index is -0.440. The maximum atomic E-state index is 13.3. The van der Waals surface area contributed by atoms with Gasteiger partial charge in [0.1, 0.15) is 0 Å². The van der Waals surface area contributed by atoms with Crippen molar-refractivity contribution in [3.8, 4) is 5.75 Å². The molecule has 0 saturated carbocycles. The molecule has 0 aliphatic carbocycles. The molecular weight excluding hydrogens is 271 g/mol. The predicted molar refractivity (Wildman–Crippen MR) is 80.7 cm³/mol. The summed E-state index contributed by atoms with van der Waals surface area (Å²) in [5, 5.41) is 2.76. The number of ether oxygens (including phenoxy) is 1. The van der Waals surface area contributed by atoms with Crippen molar-refractivity contribution < 1.29 is 13.9 Å². The van der Waals surface area contributed by atoms with Crippen molar-refractivity contribution in [1.29, 1.82) is 0 Å². The minimum absolute atomic E-state index is 0.105. The summed E-state index contributed by atoms with van der Waals surface area (Å²) >= 11 is 0. The molecule has 0 aliphatic heterocycles. The Balaban J connectivity index is 1.85. The Labute approximate surface area is 122 Å². The van der Waals surface area contributed by atoms with Crippen molar-refractivity contribution in [3.05, 3.63) is 53.8 Å². The summed E-state index contributed by atoms with van der Waals surface area (Å²) in [6.45, 7) is 1.94. The van der Waals surface area contributed by atoms with Crippen LogP contribution in [0.2, 0.25) is 0 Å². The Morgan fingerprint density at radius 3 is 2.76 bits per heavy atom. The first kappa shape index (κ1) is 14.8. The molecule has 0 fully saturated rings. The van der Waals surface area contributed by atoms with Gasteiger partial charge in [0, 0.05) is 11.4 Å². The van der Waals surface area contributed by atoms with Gasteiger partial charge >= 0.3 is 0 Å². The molecule has 0 heterocycles. The van der Waals surface area contributed by atoms with Gasteiger partial charge in [0.05, 0.1) is 13.0 Å². The second-order valence-electron chi connectivity index (χ2n) is 4.60. The molecule has 0 aromatic heterocycles. The average molecular weight is 288 g/mol. The van der Waals surface area contributed by atoms with Gasteiger partial charge in [-0.05, 0) is 36.8 Å². The first-order chi connectivity index (χ1) is 10.1. The molecule has 110 valence electrons. The lowest BCUT2D eigenvalue weighted by Gasteiger charge is -2.11. The lowest BCUT2D eigenvalue weighted by Crippen LogP contribution is -2.16. The van der Waals surface area contributed by atoms with E-state index in [1.807, 2.05) is 6.92 Å². The highest BCUT2D eigenvalue weighted by Gasteiger charge is 2.07. The Morgan fingerprint density at radius 1 is 1.24 bits per heavy atom. The van der Waals surface area contributed by atoms with E-state index in [0.717, 1.165) is 5.56 Å². The Hall–Kier alpha value is -2.56. The second kappa shape index (κ2) is 6.74. The molecule has 4 nitrogen and oxygen atoms in total. The highest BCUT2D eigenvalue weighted by atomic mass is 19.1. The number of nitrogen functional groups attached to an aromatic ring is 1. The van der Waals surface area contributed by atoms with Crippen molar-refractivity contribution in [2.45, 2.75) is 13.3 Å². The quantitative estimate of drug-likeness (QED) is 0.831. The molecule has 21 heavy (non-hydrogen) atoms. The van der Waals surface area contributed by atoms with Gasteiger partial charge in [-0.1, -0.05) is 18.2 Å². The number of anilines is 2. The van der Waals surface area contributed by atoms with Gasteiger partial charge in [0.2, 0.25) is 5.91 Å². The minimum Gasteiger partial charge on any atom is -0.490 e. The van der Waals surface area contributed by atoms with Gasteiger partial charge in [0.15, 0.2) is 11.6 Å². The zero-order chi connectivity index (χ0) is 15.2. The predicted octanol–water partition coefficient (Wildman–Crippen LogP) is 3.12. The SMILES string of the molecule is Cc1c(N)cccc1NC(=O)CCOc1ccccc1F. The van der Waals surface area contributed by atoms with E-state index in [-0.39, 0.29) is 24.7 Å². The summed E-state index contributed by atoms with van der Waals surface area (Å²) in [7, 11) is 0. The van der Waals surface area contributed by atoms with E-state index in [1.165, 1.54) is 12.1 Å². The van der Waals surface area contributed by atoms with Crippen molar-refractivity contribution >= 4 is 17.3 Å². The van der Waals surface area contributed by atoms with Crippen LogP contribution in [-0.4, -0.2) is 12.5 Å². The third-order valence-electron chi connectivity index (χ3n) is 3.07. The van der Waals surface area contributed by atoms with Gasteiger partial charge in [-0.3, -0.25) is 4.79 Å². The number of hydrogen-bond acceptors (Lipinski definition) is 3. The molecule has 2 aromatic carbocycles. The fraction of sp³-hybridized carbons (Fsp3) is 0.188. The van der Waals surface area contributed by atoms with Crippen molar-refractivity contribution in [2.75, 3.05) is 17.7 Å². The van der Waals surface area contributed by atoms with Gasteiger partial charge in [0.25, 0.3) is 0 Å². The molecule has 3 N–H and O–H groups in total. The normalized spacial score (nSPS) is 10.2. The maximum Gasteiger partial charge on any atom is 0.227 e. The summed E-state index contributed by atoms with van der Waals surface area (Å²) in [4.78, 5) is 11.8. The van der Waals surface area contributed by atoms with Crippen molar-refractivity contribution in [3.63, 3.8) is 0 Å². The summed E-state index contributed by atoms with van der Waals surface area (Å²) in [5.41, 5.74) is 7.88. The van der Waals surface area contributed by atoms with Gasteiger partial charge in [-0.15, -0.1) is 0 Å². The maximum absolute atomic E-state index is 13.3. The number of nitrogens with one attached hydrogen (secondary N) is 1. The van der Waals surface area contributed by atoms with Crippen molar-refractivity contribution in [2.24, 2.45) is 0 Å². The number of rotatable bonds is 5. The standard InChI is InChI=1S/C16H17FN2O2/c1-11-13(18)6-4-7-14(11)19-16(20)9-10-21-15-8-3-2-5-12(15)17/h2-8H,9-10,18H2,1H3,(H,19,20). The number of hydrogen-bond donors (Lipinski definition) is 2. The van der Waals surface area contributed by atoms with Crippen LogP contribution in [-0.2, 0) is 4.79 Å². The number of carbonyl (C=O) groups is 1. The number of benzene rings is 2. The lowest BCUT2D eigenvalue weighted by molar-refractivity contribution is -0.116. The number of nitrogens with two attached hydrogens (primary N) is 1. The van der Waals surface area contributed by atoms with Crippen LogP contribution in [0.3, 0.4) is 0 Å². The molecule has 2 rings (SSSR count).